The van der Waals surface area contributed by atoms with Gasteiger partial charge in [-0.1, -0.05) is 12.1 Å². The Labute approximate surface area is 150 Å². The van der Waals surface area contributed by atoms with Crippen LogP contribution in [0.1, 0.15) is 26.6 Å². The summed E-state index contributed by atoms with van der Waals surface area (Å²) < 4.78 is 42.7. The van der Waals surface area contributed by atoms with Crippen molar-refractivity contribution < 1.29 is 32.6 Å². The number of carboxylic acid groups (broad SMARTS) is 1. The molecule has 0 saturated carbocycles. The zero-order valence-corrected chi connectivity index (χ0v) is 14.4. The number of aromatic nitrogens is 1. The van der Waals surface area contributed by atoms with Gasteiger partial charge in [-0.15, -0.1) is 11.3 Å². The van der Waals surface area contributed by atoms with Crippen LogP contribution in [0.15, 0.2) is 29.6 Å². The lowest BCUT2D eigenvalue weighted by atomic mass is 10.1. The number of hydrogen-bond acceptors (Lipinski definition) is 5. The van der Waals surface area contributed by atoms with Crippen LogP contribution in [-0.4, -0.2) is 40.5 Å². The van der Waals surface area contributed by atoms with E-state index < -0.39 is 30.2 Å². The van der Waals surface area contributed by atoms with E-state index in [0.717, 1.165) is 17.0 Å². The summed E-state index contributed by atoms with van der Waals surface area (Å²) in [4.78, 5) is 28.7. The predicted octanol–water partition coefficient (Wildman–Crippen LogP) is 3.04. The van der Waals surface area contributed by atoms with Crippen LogP contribution in [0.5, 0.6) is 0 Å². The fourth-order valence-electron chi connectivity index (χ4n) is 2.14. The maximum atomic E-state index is 12.6. The van der Waals surface area contributed by atoms with Gasteiger partial charge in [-0.3, -0.25) is 9.59 Å². The number of rotatable bonds is 7. The summed E-state index contributed by atoms with van der Waals surface area (Å²) in [5.74, 6) is -1.86. The fourth-order valence-corrected chi connectivity index (χ4v) is 2.88. The van der Waals surface area contributed by atoms with Crippen LogP contribution in [0.25, 0.3) is 0 Å². The molecule has 0 unspecified atom stereocenters. The van der Waals surface area contributed by atoms with Crippen LogP contribution >= 0.6 is 11.3 Å². The van der Waals surface area contributed by atoms with Gasteiger partial charge in [0.05, 0.1) is 12.2 Å². The number of benzene rings is 1. The number of carboxylic acids is 1. The van der Waals surface area contributed by atoms with Crippen LogP contribution in [0.4, 0.5) is 13.2 Å². The lowest BCUT2D eigenvalue weighted by molar-refractivity contribution is -0.138. The topological polar surface area (TPSA) is 79.7 Å². The van der Waals surface area contributed by atoms with Crippen LogP contribution in [0, 0.1) is 0 Å². The first kappa shape index (κ1) is 19.9. The highest BCUT2D eigenvalue weighted by molar-refractivity contribution is 7.09. The molecule has 1 aromatic carbocycles. The van der Waals surface area contributed by atoms with Crippen LogP contribution < -0.4 is 0 Å². The molecule has 0 spiro atoms. The number of amides is 1. The second-order valence-corrected chi connectivity index (χ2v) is 6.25. The van der Waals surface area contributed by atoms with E-state index in [9.17, 15) is 22.8 Å². The van der Waals surface area contributed by atoms with E-state index >= 15 is 0 Å². The molecule has 140 valence electrons. The lowest BCUT2D eigenvalue weighted by Crippen LogP contribution is -2.35. The minimum Gasteiger partial charge on any atom is -0.480 e. The second kappa shape index (κ2) is 8.28. The molecule has 1 N–H and O–H groups in total. The van der Waals surface area contributed by atoms with E-state index in [0.29, 0.717) is 10.6 Å². The van der Waals surface area contributed by atoms with Crippen molar-refractivity contribution >= 4 is 23.2 Å². The Morgan fingerprint density at radius 2 is 1.92 bits per heavy atom. The average Bonchev–Trinajstić information content (AvgIpc) is 3.02. The molecule has 0 aliphatic heterocycles. The van der Waals surface area contributed by atoms with Gasteiger partial charge in [0.2, 0.25) is 0 Å². The Bertz CT molecular complexity index is 775. The van der Waals surface area contributed by atoms with Crippen LogP contribution in [0.2, 0.25) is 0 Å². The standard InChI is InChI=1S/C16H15F3N2O4S/c1-25-8-13-20-12(9-26-13)15(24)21(7-14(22)23)6-10-2-4-11(5-3-10)16(17,18)19/h2-5,9H,6-8H2,1H3,(H,22,23). The zero-order chi connectivity index (χ0) is 19.3. The smallest absolute Gasteiger partial charge is 0.416 e. The Morgan fingerprint density at radius 3 is 2.46 bits per heavy atom. The number of alkyl halides is 3. The third-order valence-corrected chi connectivity index (χ3v) is 4.13. The van der Waals surface area contributed by atoms with Gasteiger partial charge in [0.1, 0.15) is 17.2 Å². The summed E-state index contributed by atoms with van der Waals surface area (Å²) in [6.45, 7) is -0.535. The molecule has 2 aromatic rings. The first-order valence-electron chi connectivity index (χ1n) is 7.31. The number of carbonyl (C=O) groups is 2. The monoisotopic (exact) mass is 388 g/mol. The van der Waals surface area contributed by atoms with Crippen molar-refractivity contribution in [1.82, 2.24) is 9.88 Å². The summed E-state index contributed by atoms with van der Waals surface area (Å²) >= 11 is 1.19. The first-order chi connectivity index (χ1) is 12.2. The zero-order valence-electron chi connectivity index (χ0n) is 13.6. The van der Waals surface area contributed by atoms with E-state index in [4.69, 9.17) is 9.84 Å². The van der Waals surface area contributed by atoms with Gasteiger partial charge in [0.25, 0.3) is 5.91 Å². The molecular formula is C16H15F3N2O4S. The maximum Gasteiger partial charge on any atom is 0.416 e. The number of thiazole rings is 1. The molecule has 26 heavy (non-hydrogen) atoms. The van der Waals surface area contributed by atoms with E-state index in [2.05, 4.69) is 4.98 Å². The molecule has 1 aromatic heterocycles. The number of aliphatic carboxylic acids is 1. The molecule has 0 atom stereocenters. The largest absolute Gasteiger partial charge is 0.480 e. The molecule has 10 heteroatoms. The van der Waals surface area contributed by atoms with Gasteiger partial charge in [-0.2, -0.15) is 13.2 Å². The van der Waals surface area contributed by atoms with Crippen molar-refractivity contribution in [2.24, 2.45) is 0 Å². The molecule has 0 radical (unpaired) electrons. The molecule has 1 heterocycles. The average molecular weight is 388 g/mol. The number of methoxy groups -OCH3 is 1. The van der Waals surface area contributed by atoms with Gasteiger partial charge < -0.3 is 14.7 Å². The van der Waals surface area contributed by atoms with Crippen molar-refractivity contribution in [2.75, 3.05) is 13.7 Å². The molecule has 0 aliphatic rings. The summed E-state index contributed by atoms with van der Waals surface area (Å²) in [5, 5.41) is 11.1. The van der Waals surface area contributed by atoms with Crippen LogP contribution in [-0.2, 0) is 28.9 Å². The van der Waals surface area contributed by atoms with E-state index in [1.165, 1.54) is 36.0 Å². The van der Waals surface area contributed by atoms with Crippen LogP contribution in [0.3, 0.4) is 0 Å². The van der Waals surface area contributed by atoms with Gasteiger partial charge in [0, 0.05) is 19.0 Å². The van der Waals surface area contributed by atoms with Crippen molar-refractivity contribution in [2.45, 2.75) is 19.3 Å². The van der Waals surface area contributed by atoms with E-state index in [1.54, 1.807) is 0 Å². The molecule has 2 rings (SSSR count). The number of hydrogen-bond donors (Lipinski definition) is 1. The SMILES string of the molecule is COCc1nc(C(=O)N(CC(=O)O)Cc2ccc(C(F)(F)F)cc2)cs1. The third-order valence-electron chi connectivity index (χ3n) is 3.31. The molecule has 1 amide bonds. The lowest BCUT2D eigenvalue weighted by Gasteiger charge is -2.20. The Balaban J connectivity index is 2.18. The van der Waals surface area contributed by atoms with Crippen molar-refractivity contribution in [3.63, 3.8) is 0 Å². The second-order valence-electron chi connectivity index (χ2n) is 5.31. The number of carbonyl (C=O) groups excluding carboxylic acids is 1. The van der Waals surface area contributed by atoms with E-state index in [-0.39, 0.29) is 18.8 Å². The van der Waals surface area contributed by atoms with Gasteiger partial charge in [-0.05, 0) is 17.7 Å². The quantitative estimate of drug-likeness (QED) is 0.789. The molecule has 0 bridgehead atoms. The summed E-state index contributed by atoms with van der Waals surface area (Å²) in [6, 6.07) is 4.20. The molecular weight excluding hydrogens is 373 g/mol. The summed E-state index contributed by atoms with van der Waals surface area (Å²) in [5.41, 5.74) is -0.378. The highest BCUT2D eigenvalue weighted by Gasteiger charge is 2.30. The van der Waals surface area contributed by atoms with Gasteiger partial charge >= 0.3 is 12.1 Å². The Kier molecular flexibility index (Phi) is 6.32. The number of ether oxygens (including phenoxy) is 1. The van der Waals surface area contributed by atoms with Gasteiger partial charge in [0.15, 0.2) is 0 Å². The fraction of sp³-hybridized carbons (Fsp3) is 0.312. The molecule has 0 aliphatic carbocycles. The van der Waals surface area contributed by atoms with Crippen molar-refractivity contribution in [3.05, 3.63) is 51.5 Å². The Morgan fingerprint density at radius 1 is 1.27 bits per heavy atom. The number of nitrogens with zero attached hydrogens (tertiary/aromatic N) is 2. The molecule has 0 fully saturated rings. The maximum absolute atomic E-state index is 12.6. The summed E-state index contributed by atoms with van der Waals surface area (Å²) in [7, 11) is 1.48. The third kappa shape index (κ3) is 5.27. The minimum absolute atomic E-state index is 0.0650. The highest BCUT2D eigenvalue weighted by atomic mass is 32.1. The minimum atomic E-state index is -4.46. The Hall–Kier alpha value is -2.46. The first-order valence-corrected chi connectivity index (χ1v) is 8.19. The predicted molar refractivity (Wildman–Crippen MR) is 86.6 cm³/mol. The number of halogens is 3. The normalized spacial score (nSPS) is 11.4. The van der Waals surface area contributed by atoms with Crippen molar-refractivity contribution in [3.8, 4) is 0 Å². The molecule has 0 saturated heterocycles. The highest BCUT2D eigenvalue weighted by Crippen LogP contribution is 2.29. The summed E-state index contributed by atoms with van der Waals surface area (Å²) in [6.07, 6.45) is -4.46. The van der Waals surface area contributed by atoms with Crippen molar-refractivity contribution in [1.29, 1.82) is 0 Å². The molecule has 6 nitrogen and oxygen atoms in total. The van der Waals surface area contributed by atoms with Gasteiger partial charge in [-0.25, -0.2) is 4.98 Å². The van der Waals surface area contributed by atoms with E-state index in [1.807, 2.05) is 0 Å².